The van der Waals surface area contributed by atoms with Crippen LogP contribution in [0.1, 0.15) is 45.6 Å². The van der Waals surface area contributed by atoms with Gasteiger partial charge in [0.2, 0.25) is 0 Å². The van der Waals surface area contributed by atoms with Crippen molar-refractivity contribution in [3.63, 3.8) is 0 Å². The fraction of sp³-hybridized carbons (Fsp3) is 0.667. The van der Waals surface area contributed by atoms with Crippen molar-refractivity contribution in [1.29, 1.82) is 0 Å². The maximum atomic E-state index is 13.1. The molecular weight excluding hydrogens is 278 g/mol. The Labute approximate surface area is 132 Å². The molecule has 1 aromatic rings. The summed E-state index contributed by atoms with van der Waals surface area (Å²) in [6, 6.07) is 8.47. The van der Waals surface area contributed by atoms with Crippen LogP contribution >= 0.6 is 0 Å². The summed E-state index contributed by atoms with van der Waals surface area (Å²) in [4.78, 5) is 1.01. The standard InChI is InChI=1S/C18H29NOS/c1-13-8-6-7-9-16(13)21(20)17-12-14(18(2,3)4)10-11-15(17)19-5/h6-9,14-15,17,19H,10-12H2,1-5H3. The minimum Gasteiger partial charge on any atom is -0.316 e. The summed E-state index contributed by atoms with van der Waals surface area (Å²) in [5.41, 5.74) is 1.44. The van der Waals surface area contributed by atoms with Gasteiger partial charge in [-0.05, 0) is 56.2 Å². The molecule has 0 aliphatic heterocycles. The SMILES string of the molecule is CNC1CCC(C(C)(C)C)CC1S(=O)c1ccccc1C. The number of rotatable bonds is 3. The van der Waals surface area contributed by atoms with Crippen LogP contribution in [0.3, 0.4) is 0 Å². The largest absolute Gasteiger partial charge is 0.316 e. The second-order valence-electron chi connectivity index (χ2n) is 7.37. The molecule has 2 nitrogen and oxygen atoms in total. The number of aryl methyl sites for hydroxylation is 1. The molecule has 3 heteroatoms. The molecule has 4 atom stereocenters. The first kappa shape index (κ1) is 16.7. The lowest BCUT2D eigenvalue weighted by Crippen LogP contribution is -2.47. The Bertz CT molecular complexity index is 506. The first-order valence-electron chi connectivity index (χ1n) is 7.98. The van der Waals surface area contributed by atoms with Gasteiger partial charge in [0.25, 0.3) is 0 Å². The van der Waals surface area contributed by atoms with Crippen molar-refractivity contribution in [1.82, 2.24) is 5.32 Å². The average Bonchev–Trinajstić information content (AvgIpc) is 2.45. The predicted molar refractivity (Wildman–Crippen MR) is 91.0 cm³/mol. The van der Waals surface area contributed by atoms with Gasteiger partial charge in [0, 0.05) is 10.9 Å². The third kappa shape index (κ3) is 3.75. The van der Waals surface area contributed by atoms with Crippen molar-refractivity contribution < 1.29 is 4.21 Å². The molecule has 0 bridgehead atoms. The molecule has 1 aliphatic carbocycles. The zero-order valence-electron chi connectivity index (χ0n) is 14.0. The van der Waals surface area contributed by atoms with Gasteiger partial charge in [0.15, 0.2) is 0 Å². The summed E-state index contributed by atoms with van der Waals surface area (Å²) in [6.07, 6.45) is 3.41. The fourth-order valence-electron chi connectivity index (χ4n) is 3.43. The van der Waals surface area contributed by atoms with E-state index in [0.29, 0.717) is 17.4 Å². The summed E-state index contributed by atoms with van der Waals surface area (Å²) < 4.78 is 13.1. The van der Waals surface area contributed by atoms with Crippen LogP contribution in [0.2, 0.25) is 0 Å². The summed E-state index contributed by atoms with van der Waals surface area (Å²) >= 11 is 0. The molecule has 1 fully saturated rings. The van der Waals surface area contributed by atoms with Crippen LogP contribution < -0.4 is 5.32 Å². The van der Waals surface area contributed by atoms with Gasteiger partial charge in [-0.15, -0.1) is 0 Å². The molecule has 0 radical (unpaired) electrons. The maximum absolute atomic E-state index is 13.1. The minimum atomic E-state index is -0.929. The molecule has 1 saturated carbocycles. The van der Waals surface area contributed by atoms with Crippen molar-refractivity contribution in [2.45, 2.75) is 63.1 Å². The highest BCUT2D eigenvalue weighted by molar-refractivity contribution is 7.85. The lowest BCUT2D eigenvalue weighted by Gasteiger charge is -2.41. The number of hydrogen-bond acceptors (Lipinski definition) is 2. The zero-order valence-corrected chi connectivity index (χ0v) is 14.8. The molecule has 21 heavy (non-hydrogen) atoms. The van der Waals surface area contributed by atoms with E-state index in [-0.39, 0.29) is 5.25 Å². The molecule has 0 aromatic heterocycles. The summed E-state index contributed by atoms with van der Waals surface area (Å²) in [6.45, 7) is 8.99. The van der Waals surface area contributed by atoms with Gasteiger partial charge >= 0.3 is 0 Å². The van der Waals surface area contributed by atoms with Crippen LogP contribution in [0.15, 0.2) is 29.2 Å². The van der Waals surface area contributed by atoms with E-state index in [2.05, 4.69) is 39.1 Å². The van der Waals surface area contributed by atoms with Gasteiger partial charge in [-0.3, -0.25) is 4.21 Å². The van der Waals surface area contributed by atoms with Crippen molar-refractivity contribution in [3.8, 4) is 0 Å². The van der Waals surface area contributed by atoms with Crippen molar-refractivity contribution in [2.75, 3.05) is 7.05 Å². The van der Waals surface area contributed by atoms with E-state index in [0.717, 1.165) is 23.3 Å². The second-order valence-corrected chi connectivity index (χ2v) is 9.01. The summed E-state index contributed by atoms with van der Waals surface area (Å²) in [5, 5.41) is 3.62. The third-order valence-electron chi connectivity index (χ3n) is 4.97. The van der Waals surface area contributed by atoms with E-state index >= 15 is 0 Å². The normalized spacial score (nSPS) is 28.3. The highest BCUT2D eigenvalue weighted by Gasteiger charge is 2.38. The van der Waals surface area contributed by atoms with E-state index in [9.17, 15) is 4.21 Å². The maximum Gasteiger partial charge on any atom is 0.0579 e. The highest BCUT2D eigenvalue weighted by Crippen LogP contribution is 2.40. The van der Waals surface area contributed by atoms with E-state index in [1.165, 1.54) is 6.42 Å². The quantitative estimate of drug-likeness (QED) is 0.917. The molecule has 0 heterocycles. The van der Waals surface area contributed by atoms with Crippen LogP contribution in [-0.4, -0.2) is 22.5 Å². The van der Waals surface area contributed by atoms with Crippen molar-refractivity contribution >= 4 is 10.8 Å². The van der Waals surface area contributed by atoms with Gasteiger partial charge in [0.05, 0.1) is 16.0 Å². The van der Waals surface area contributed by atoms with Crippen LogP contribution in [0.5, 0.6) is 0 Å². The molecule has 2 rings (SSSR count). The zero-order chi connectivity index (χ0) is 15.6. The van der Waals surface area contributed by atoms with E-state index in [1.54, 1.807) is 0 Å². The van der Waals surface area contributed by atoms with Gasteiger partial charge in [-0.25, -0.2) is 0 Å². The molecule has 0 spiro atoms. The first-order valence-corrected chi connectivity index (χ1v) is 9.19. The molecular formula is C18H29NOS. The smallest absolute Gasteiger partial charge is 0.0579 e. The van der Waals surface area contributed by atoms with E-state index in [1.807, 2.05) is 25.2 Å². The Balaban J connectivity index is 2.25. The Morgan fingerprint density at radius 1 is 1.19 bits per heavy atom. The second kappa shape index (κ2) is 6.62. The Morgan fingerprint density at radius 3 is 2.43 bits per heavy atom. The molecule has 1 aromatic carbocycles. The topological polar surface area (TPSA) is 29.1 Å². The van der Waals surface area contributed by atoms with Crippen LogP contribution in [0.4, 0.5) is 0 Å². The first-order chi connectivity index (χ1) is 9.84. The molecule has 118 valence electrons. The highest BCUT2D eigenvalue weighted by atomic mass is 32.2. The lowest BCUT2D eigenvalue weighted by atomic mass is 9.71. The van der Waals surface area contributed by atoms with E-state index in [4.69, 9.17) is 0 Å². The van der Waals surface area contributed by atoms with Crippen LogP contribution in [0, 0.1) is 18.3 Å². The lowest BCUT2D eigenvalue weighted by molar-refractivity contribution is 0.166. The number of nitrogens with one attached hydrogen (secondary N) is 1. The molecule has 0 saturated heterocycles. The van der Waals surface area contributed by atoms with Gasteiger partial charge in [-0.1, -0.05) is 39.0 Å². The third-order valence-corrected chi connectivity index (χ3v) is 6.94. The fourth-order valence-corrected chi connectivity index (χ4v) is 5.33. The predicted octanol–water partition coefficient (Wildman–Crippen LogP) is 3.91. The summed E-state index contributed by atoms with van der Waals surface area (Å²) in [7, 11) is 1.07. The molecule has 1 N–H and O–H groups in total. The molecule has 4 unspecified atom stereocenters. The number of hydrogen-bond donors (Lipinski definition) is 1. The van der Waals surface area contributed by atoms with Crippen LogP contribution in [0.25, 0.3) is 0 Å². The average molecular weight is 308 g/mol. The van der Waals surface area contributed by atoms with Crippen LogP contribution in [-0.2, 0) is 10.8 Å². The number of benzene rings is 1. The Kier molecular flexibility index (Phi) is 5.26. The minimum absolute atomic E-state index is 0.217. The van der Waals surface area contributed by atoms with Gasteiger partial charge in [0.1, 0.15) is 0 Å². The Morgan fingerprint density at radius 2 is 1.86 bits per heavy atom. The molecule has 1 aliphatic rings. The summed E-state index contributed by atoms with van der Waals surface area (Å²) in [5.74, 6) is 0.653. The van der Waals surface area contributed by atoms with Gasteiger partial charge < -0.3 is 5.32 Å². The van der Waals surface area contributed by atoms with E-state index < -0.39 is 10.8 Å². The monoisotopic (exact) mass is 307 g/mol. The van der Waals surface area contributed by atoms with Crippen molar-refractivity contribution in [3.05, 3.63) is 29.8 Å². The molecule has 0 amide bonds. The van der Waals surface area contributed by atoms with Crippen molar-refractivity contribution in [2.24, 2.45) is 11.3 Å². The Hall–Kier alpha value is -0.670. The van der Waals surface area contributed by atoms with Gasteiger partial charge in [-0.2, -0.15) is 0 Å².